The van der Waals surface area contributed by atoms with Crippen molar-refractivity contribution in [2.45, 2.75) is 0 Å². The molecule has 0 saturated carbocycles. The fraction of sp³-hybridized carbons (Fsp3) is 0. The number of carbonyl (C=O) groups is 1. The lowest BCUT2D eigenvalue weighted by Crippen LogP contribution is -2.04. The molecule has 2 aromatic rings. The Balaban J connectivity index is 1.97. The van der Waals surface area contributed by atoms with E-state index in [1.807, 2.05) is 0 Å². The lowest BCUT2D eigenvalue weighted by molar-refractivity contribution is -0.130. The number of rotatable bonds is 2. The van der Waals surface area contributed by atoms with Gasteiger partial charge in [0.2, 0.25) is 0 Å². The van der Waals surface area contributed by atoms with Crippen LogP contribution in [-0.4, -0.2) is 11.9 Å². The summed E-state index contributed by atoms with van der Waals surface area (Å²) < 4.78 is 10.2. The van der Waals surface area contributed by atoms with E-state index in [0.29, 0.717) is 21.4 Å². The number of hydrogen-bond donors (Lipinski definition) is 0. The van der Waals surface area contributed by atoms with Gasteiger partial charge in [0.25, 0.3) is 5.90 Å². The van der Waals surface area contributed by atoms with E-state index in [9.17, 15) is 4.79 Å². The summed E-state index contributed by atoms with van der Waals surface area (Å²) in [6.07, 6.45) is 3.01. The number of ether oxygens (including phenoxy) is 1. The molecule has 1 aromatic heterocycles. The standard InChI is InChI=1S/C14H7Cl2NO3/c15-9-4-3-8(10(16)7-9)6-11-14(18)20-13(17-11)12-2-1-5-19-12/h1-7H. The van der Waals surface area contributed by atoms with E-state index in [0.717, 1.165) is 0 Å². The highest BCUT2D eigenvalue weighted by Gasteiger charge is 2.25. The molecule has 0 saturated heterocycles. The predicted molar refractivity (Wildman–Crippen MR) is 75.8 cm³/mol. The van der Waals surface area contributed by atoms with Gasteiger partial charge >= 0.3 is 5.97 Å². The van der Waals surface area contributed by atoms with Crippen molar-refractivity contribution in [2.24, 2.45) is 4.99 Å². The summed E-state index contributed by atoms with van der Waals surface area (Å²) in [6.45, 7) is 0. The fourth-order valence-electron chi connectivity index (χ4n) is 1.68. The molecule has 0 bridgehead atoms. The smallest absolute Gasteiger partial charge is 0.363 e. The van der Waals surface area contributed by atoms with Crippen LogP contribution in [0.25, 0.3) is 6.08 Å². The number of carbonyl (C=O) groups excluding carboxylic acids is 1. The van der Waals surface area contributed by atoms with Crippen molar-refractivity contribution in [2.75, 3.05) is 0 Å². The van der Waals surface area contributed by atoms with Gasteiger partial charge < -0.3 is 9.15 Å². The zero-order valence-corrected chi connectivity index (χ0v) is 11.5. The molecule has 20 heavy (non-hydrogen) atoms. The number of cyclic esters (lactones) is 1. The Morgan fingerprint density at radius 3 is 2.75 bits per heavy atom. The highest BCUT2D eigenvalue weighted by atomic mass is 35.5. The van der Waals surface area contributed by atoms with Crippen molar-refractivity contribution in [3.63, 3.8) is 0 Å². The average Bonchev–Trinajstić information content (AvgIpc) is 3.03. The van der Waals surface area contributed by atoms with Gasteiger partial charge in [0.05, 0.1) is 6.26 Å². The van der Waals surface area contributed by atoms with E-state index in [2.05, 4.69) is 4.99 Å². The largest absolute Gasteiger partial charge is 0.459 e. The van der Waals surface area contributed by atoms with Crippen molar-refractivity contribution in [1.29, 1.82) is 0 Å². The first-order valence-corrected chi connectivity index (χ1v) is 6.40. The molecular weight excluding hydrogens is 301 g/mol. The highest BCUT2D eigenvalue weighted by molar-refractivity contribution is 6.35. The molecule has 0 unspecified atom stereocenters. The Hall–Kier alpha value is -2.04. The summed E-state index contributed by atoms with van der Waals surface area (Å²) in [5.74, 6) is -0.0253. The summed E-state index contributed by atoms with van der Waals surface area (Å²) in [6, 6.07) is 8.31. The third kappa shape index (κ3) is 2.48. The number of aliphatic imine (C=N–C) groups is 1. The summed E-state index contributed by atoms with van der Waals surface area (Å²) in [7, 11) is 0. The van der Waals surface area contributed by atoms with E-state index in [4.69, 9.17) is 32.4 Å². The molecule has 1 aromatic carbocycles. The van der Waals surface area contributed by atoms with Gasteiger partial charge in [0.1, 0.15) is 0 Å². The molecule has 100 valence electrons. The molecule has 1 aliphatic heterocycles. The SMILES string of the molecule is O=C1OC(c2ccco2)=NC1=Cc1ccc(Cl)cc1Cl. The zero-order chi connectivity index (χ0) is 14.1. The van der Waals surface area contributed by atoms with Crippen LogP contribution in [0.3, 0.4) is 0 Å². The quantitative estimate of drug-likeness (QED) is 0.624. The van der Waals surface area contributed by atoms with Crippen molar-refractivity contribution >= 4 is 41.1 Å². The van der Waals surface area contributed by atoms with Gasteiger partial charge in [-0.2, -0.15) is 0 Å². The molecule has 1 aliphatic rings. The molecule has 6 heteroatoms. The topological polar surface area (TPSA) is 51.8 Å². The lowest BCUT2D eigenvalue weighted by atomic mass is 10.2. The van der Waals surface area contributed by atoms with Crippen LogP contribution in [0.15, 0.2) is 51.7 Å². The molecule has 4 nitrogen and oxygen atoms in total. The van der Waals surface area contributed by atoms with Gasteiger partial charge in [-0.15, -0.1) is 0 Å². The molecule has 0 N–H and O–H groups in total. The maximum absolute atomic E-state index is 11.7. The number of benzene rings is 1. The Morgan fingerprint density at radius 2 is 2.05 bits per heavy atom. The minimum absolute atomic E-state index is 0.135. The predicted octanol–water partition coefficient (Wildman–Crippen LogP) is 3.93. The first-order valence-electron chi connectivity index (χ1n) is 5.65. The Kier molecular flexibility index (Phi) is 3.34. The van der Waals surface area contributed by atoms with Crippen LogP contribution in [-0.2, 0) is 9.53 Å². The minimum Gasteiger partial charge on any atom is -0.459 e. The first-order chi connectivity index (χ1) is 9.63. The maximum atomic E-state index is 11.7. The van der Waals surface area contributed by atoms with Crippen LogP contribution in [0.2, 0.25) is 10.0 Å². The molecule has 0 spiro atoms. The second-order valence-electron chi connectivity index (χ2n) is 3.98. The third-order valence-electron chi connectivity index (χ3n) is 2.61. The molecule has 0 fully saturated rings. The van der Waals surface area contributed by atoms with Gasteiger partial charge in [-0.25, -0.2) is 9.79 Å². The van der Waals surface area contributed by atoms with Crippen LogP contribution in [0, 0.1) is 0 Å². The van der Waals surface area contributed by atoms with Gasteiger partial charge in [0, 0.05) is 10.0 Å². The van der Waals surface area contributed by atoms with Crippen LogP contribution in [0.1, 0.15) is 11.3 Å². The van der Waals surface area contributed by atoms with E-state index in [1.165, 1.54) is 12.3 Å². The van der Waals surface area contributed by atoms with E-state index < -0.39 is 5.97 Å². The number of halogens is 2. The molecule has 0 amide bonds. The number of furan rings is 1. The molecule has 0 radical (unpaired) electrons. The molecule has 0 atom stereocenters. The summed E-state index contributed by atoms with van der Waals surface area (Å²) in [4.78, 5) is 15.8. The second kappa shape index (κ2) is 5.15. The number of esters is 1. The number of nitrogens with zero attached hydrogens (tertiary/aromatic N) is 1. The Bertz CT molecular complexity index is 733. The van der Waals surface area contributed by atoms with Gasteiger partial charge in [-0.1, -0.05) is 29.3 Å². The van der Waals surface area contributed by atoms with Crippen LogP contribution >= 0.6 is 23.2 Å². The van der Waals surface area contributed by atoms with Gasteiger partial charge in [0.15, 0.2) is 11.5 Å². The highest BCUT2D eigenvalue weighted by Crippen LogP contribution is 2.25. The van der Waals surface area contributed by atoms with E-state index in [-0.39, 0.29) is 11.6 Å². The Morgan fingerprint density at radius 1 is 1.20 bits per heavy atom. The second-order valence-corrected chi connectivity index (χ2v) is 4.82. The van der Waals surface area contributed by atoms with E-state index >= 15 is 0 Å². The summed E-state index contributed by atoms with van der Waals surface area (Å²) in [5, 5.41) is 0.949. The lowest BCUT2D eigenvalue weighted by Gasteiger charge is -1.98. The fourth-order valence-corrected chi connectivity index (χ4v) is 2.14. The normalized spacial score (nSPS) is 16.4. The van der Waals surface area contributed by atoms with Gasteiger partial charge in [-0.3, -0.25) is 0 Å². The van der Waals surface area contributed by atoms with Gasteiger partial charge in [-0.05, 0) is 35.9 Å². The van der Waals surface area contributed by atoms with Crippen LogP contribution in [0.4, 0.5) is 0 Å². The van der Waals surface area contributed by atoms with Crippen molar-refractivity contribution in [1.82, 2.24) is 0 Å². The van der Waals surface area contributed by atoms with Crippen LogP contribution < -0.4 is 0 Å². The Labute approximate surface area is 124 Å². The molecule has 3 rings (SSSR count). The molecule has 0 aliphatic carbocycles. The molecule has 2 heterocycles. The third-order valence-corrected chi connectivity index (χ3v) is 3.17. The van der Waals surface area contributed by atoms with Crippen LogP contribution in [0.5, 0.6) is 0 Å². The minimum atomic E-state index is -0.553. The monoisotopic (exact) mass is 307 g/mol. The van der Waals surface area contributed by atoms with Crippen molar-refractivity contribution < 1.29 is 13.9 Å². The van der Waals surface area contributed by atoms with Crippen molar-refractivity contribution in [3.8, 4) is 0 Å². The van der Waals surface area contributed by atoms with Crippen molar-refractivity contribution in [3.05, 3.63) is 63.7 Å². The summed E-state index contributed by atoms with van der Waals surface area (Å²) in [5.41, 5.74) is 0.785. The molecular formula is C14H7Cl2NO3. The average molecular weight is 308 g/mol. The first kappa shape index (κ1) is 13.0. The maximum Gasteiger partial charge on any atom is 0.363 e. The zero-order valence-electron chi connectivity index (χ0n) is 9.97. The number of hydrogen-bond acceptors (Lipinski definition) is 4. The van der Waals surface area contributed by atoms with E-state index in [1.54, 1.807) is 30.3 Å². The summed E-state index contributed by atoms with van der Waals surface area (Å²) >= 11 is 11.9.